The van der Waals surface area contributed by atoms with E-state index < -0.39 is 0 Å². The molecule has 1 atom stereocenters. The first-order chi connectivity index (χ1) is 9.25. The fourth-order valence-corrected chi connectivity index (χ4v) is 2.66. The molecule has 1 aromatic carbocycles. The number of hydrogen-bond donors (Lipinski definition) is 1. The van der Waals surface area contributed by atoms with Gasteiger partial charge in [-0.1, -0.05) is 82.6 Å². The lowest BCUT2D eigenvalue weighted by atomic mass is 9.97. The van der Waals surface area contributed by atoms with E-state index in [0.717, 1.165) is 6.42 Å². The Labute approximate surface area is 119 Å². The van der Waals surface area contributed by atoms with Crippen molar-refractivity contribution in [2.45, 2.75) is 77.7 Å². The van der Waals surface area contributed by atoms with Crippen LogP contribution in [-0.4, -0.2) is 0 Å². The summed E-state index contributed by atoms with van der Waals surface area (Å²) in [7, 11) is 0. The molecule has 0 radical (unpaired) electrons. The molecule has 0 bridgehead atoms. The Hall–Kier alpha value is -0.820. The van der Waals surface area contributed by atoms with Crippen molar-refractivity contribution in [3.8, 4) is 0 Å². The third-order valence-corrected chi connectivity index (χ3v) is 3.96. The number of benzene rings is 1. The van der Waals surface area contributed by atoms with Gasteiger partial charge in [0.1, 0.15) is 0 Å². The maximum Gasteiger partial charge on any atom is 0.0297 e. The lowest BCUT2D eigenvalue weighted by Crippen LogP contribution is -2.11. The number of unbranched alkanes of at least 4 members (excludes halogenated alkanes) is 7. The fraction of sp³-hybridized carbons (Fsp3) is 0.667. The van der Waals surface area contributed by atoms with Crippen LogP contribution >= 0.6 is 0 Å². The highest BCUT2D eigenvalue weighted by molar-refractivity contribution is 5.28. The Morgan fingerprint density at radius 3 is 2.11 bits per heavy atom. The number of rotatable bonds is 10. The molecule has 0 aliphatic heterocycles. The summed E-state index contributed by atoms with van der Waals surface area (Å²) < 4.78 is 0. The summed E-state index contributed by atoms with van der Waals surface area (Å²) >= 11 is 0. The average molecular weight is 261 g/mol. The van der Waals surface area contributed by atoms with Crippen LogP contribution in [0.5, 0.6) is 0 Å². The highest BCUT2D eigenvalue weighted by atomic mass is 14.6. The van der Waals surface area contributed by atoms with Crippen molar-refractivity contribution in [1.29, 1.82) is 0 Å². The fourth-order valence-electron chi connectivity index (χ4n) is 2.66. The second-order valence-corrected chi connectivity index (χ2v) is 5.73. The topological polar surface area (TPSA) is 26.0 Å². The minimum Gasteiger partial charge on any atom is -0.324 e. The van der Waals surface area contributed by atoms with Crippen LogP contribution in [0.3, 0.4) is 0 Å². The van der Waals surface area contributed by atoms with Crippen LogP contribution < -0.4 is 5.73 Å². The molecule has 108 valence electrons. The van der Waals surface area contributed by atoms with Crippen molar-refractivity contribution >= 4 is 0 Å². The molecule has 19 heavy (non-hydrogen) atoms. The average Bonchev–Trinajstić information content (AvgIpc) is 2.42. The van der Waals surface area contributed by atoms with Crippen LogP contribution in [0.2, 0.25) is 0 Å². The Bertz CT molecular complexity index is 332. The van der Waals surface area contributed by atoms with Gasteiger partial charge in [-0.15, -0.1) is 0 Å². The SMILES string of the molecule is CCCCCCCCCCC(N)c1ccccc1C. The van der Waals surface area contributed by atoms with E-state index in [-0.39, 0.29) is 6.04 Å². The van der Waals surface area contributed by atoms with Gasteiger partial charge in [0.2, 0.25) is 0 Å². The Morgan fingerprint density at radius 1 is 0.895 bits per heavy atom. The van der Waals surface area contributed by atoms with E-state index in [4.69, 9.17) is 5.73 Å². The first-order valence-electron chi connectivity index (χ1n) is 8.06. The third kappa shape index (κ3) is 6.77. The Balaban J connectivity index is 2.08. The molecule has 1 nitrogen and oxygen atoms in total. The zero-order valence-corrected chi connectivity index (χ0v) is 12.8. The van der Waals surface area contributed by atoms with Crippen LogP contribution in [0.15, 0.2) is 24.3 Å². The molecule has 0 heterocycles. The summed E-state index contributed by atoms with van der Waals surface area (Å²) in [5.74, 6) is 0. The minimum atomic E-state index is 0.223. The highest BCUT2D eigenvalue weighted by Crippen LogP contribution is 2.21. The first kappa shape index (κ1) is 16.2. The minimum absolute atomic E-state index is 0.223. The van der Waals surface area contributed by atoms with Gasteiger partial charge in [-0.25, -0.2) is 0 Å². The molecule has 0 aliphatic carbocycles. The van der Waals surface area contributed by atoms with Crippen molar-refractivity contribution in [1.82, 2.24) is 0 Å². The van der Waals surface area contributed by atoms with E-state index in [1.54, 1.807) is 0 Å². The number of nitrogens with two attached hydrogens (primary N) is 1. The van der Waals surface area contributed by atoms with Crippen molar-refractivity contribution in [3.05, 3.63) is 35.4 Å². The molecule has 0 fully saturated rings. The van der Waals surface area contributed by atoms with Gasteiger partial charge in [-0.2, -0.15) is 0 Å². The van der Waals surface area contributed by atoms with Gasteiger partial charge in [-0.3, -0.25) is 0 Å². The van der Waals surface area contributed by atoms with Crippen LogP contribution in [0.25, 0.3) is 0 Å². The lowest BCUT2D eigenvalue weighted by Gasteiger charge is -2.14. The summed E-state index contributed by atoms with van der Waals surface area (Å²) in [5.41, 5.74) is 8.93. The van der Waals surface area contributed by atoms with Crippen LogP contribution in [0, 0.1) is 6.92 Å². The Kier molecular flexibility index (Phi) is 8.57. The monoisotopic (exact) mass is 261 g/mol. The van der Waals surface area contributed by atoms with Crippen LogP contribution in [0.4, 0.5) is 0 Å². The van der Waals surface area contributed by atoms with Gasteiger partial charge < -0.3 is 5.73 Å². The molecular weight excluding hydrogens is 230 g/mol. The Morgan fingerprint density at radius 2 is 1.47 bits per heavy atom. The molecule has 0 amide bonds. The van der Waals surface area contributed by atoms with Gasteiger partial charge in [-0.05, 0) is 24.5 Å². The normalized spacial score (nSPS) is 12.6. The van der Waals surface area contributed by atoms with Crippen molar-refractivity contribution in [2.75, 3.05) is 0 Å². The van der Waals surface area contributed by atoms with E-state index in [0.29, 0.717) is 0 Å². The largest absolute Gasteiger partial charge is 0.324 e. The summed E-state index contributed by atoms with van der Waals surface area (Å²) in [6.07, 6.45) is 12.1. The number of hydrogen-bond acceptors (Lipinski definition) is 1. The third-order valence-electron chi connectivity index (χ3n) is 3.96. The maximum atomic E-state index is 6.28. The van der Waals surface area contributed by atoms with E-state index in [2.05, 4.69) is 38.1 Å². The second-order valence-electron chi connectivity index (χ2n) is 5.73. The molecule has 1 heteroatoms. The van der Waals surface area contributed by atoms with E-state index in [9.17, 15) is 0 Å². The summed E-state index contributed by atoms with van der Waals surface area (Å²) in [6.45, 7) is 4.43. The van der Waals surface area contributed by atoms with E-state index in [1.165, 1.54) is 62.5 Å². The number of aryl methyl sites for hydroxylation is 1. The predicted molar refractivity (Wildman–Crippen MR) is 85.3 cm³/mol. The van der Waals surface area contributed by atoms with Gasteiger partial charge >= 0.3 is 0 Å². The van der Waals surface area contributed by atoms with Crippen LogP contribution in [0.1, 0.15) is 81.9 Å². The summed E-state index contributed by atoms with van der Waals surface area (Å²) in [5, 5.41) is 0. The quantitative estimate of drug-likeness (QED) is 0.551. The lowest BCUT2D eigenvalue weighted by molar-refractivity contribution is 0.535. The maximum absolute atomic E-state index is 6.28. The van der Waals surface area contributed by atoms with Crippen molar-refractivity contribution in [2.24, 2.45) is 5.73 Å². The predicted octanol–water partition coefficient (Wildman–Crippen LogP) is 5.53. The molecule has 0 saturated heterocycles. The standard InChI is InChI=1S/C18H31N/c1-3-4-5-6-7-8-9-10-15-18(19)17-14-12-11-13-16(17)2/h11-14,18H,3-10,15,19H2,1-2H3. The molecule has 1 unspecified atom stereocenters. The van der Waals surface area contributed by atoms with Gasteiger partial charge in [0.15, 0.2) is 0 Å². The van der Waals surface area contributed by atoms with Gasteiger partial charge in [0.25, 0.3) is 0 Å². The first-order valence-corrected chi connectivity index (χ1v) is 8.06. The molecule has 0 saturated carbocycles. The zero-order chi connectivity index (χ0) is 13.9. The van der Waals surface area contributed by atoms with Crippen molar-refractivity contribution < 1.29 is 0 Å². The van der Waals surface area contributed by atoms with Crippen molar-refractivity contribution in [3.63, 3.8) is 0 Å². The molecule has 1 aromatic rings. The second kappa shape index (κ2) is 10.0. The van der Waals surface area contributed by atoms with Gasteiger partial charge in [0, 0.05) is 6.04 Å². The molecule has 0 aromatic heterocycles. The molecule has 0 spiro atoms. The summed E-state index contributed by atoms with van der Waals surface area (Å²) in [4.78, 5) is 0. The molecule has 0 aliphatic rings. The molecule has 2 N–H and O–H groups in total. The molecule has 1 rings (SSSR count). The van der Waals surface area contributed by atoms with Crippen LogP contribution in [-0.2, 0) is 0 Å². The smallest absolute Gasteiger partial charge is 0.0297 e. The summed E-state index contributed by atoms with van der Waals surface area (Å²) in [6, 6.07) is 8.73. The highest BCUT2D eigenvalue weighted by Gasteiger charge is 2.07. The van der Waals surface area contributed by atoms with E-state index >= 15 is 0 Å². The molecular formula is C18H31N. The van der Waals surface area contributed by atoms with E-state index in [1.807, 2.05) is 0 Å². The zero-order valence-electron chi connectivity index (χ0n) is 12.8. The van der Waals surface area contributed by atoms with Gasteiger partial charge in [0.05, 0.1) is 0 Å².